The van der Waals surface area contributed by atoms with Gasteiger partial charge in [0.2, 0.25) is 5.91 Å². The number of halogens is 1. The van der Waals surface area contributed by atoms with Crippen molar-refractivity contribution in [3.05, 3.63) is 46.5 Å². The summed E-state index contributed by atoms with van der Waals surface area (Å²) in [7, 11) is 1.60. The molecule has 0 spiro atoms. The van der Waals surface area contributed by atoms with Gasteiger partial charge in [-0.1, -0.05) is 28.1 Å². The molecule has 0 aliphatic carbocycles. The molecule has 0 bridgehead atoms. The summed E-state index contributed by atoms with van der Waals surface area (Å²) in [6, 6.07) is 5.61. The summed E-state index contributed by atoms with van der Waals surface area (Å²) < 4.78 is 11.5. The Labute approximate surface area is 134 Å². The zero-order valence-corrected chi connectivity index (χ0v) is 13.9. The summed E-state index contributed by atoms with van der Waals surface area (Å²) in [4.78, 5) is 11.7. The van der Waals surface area contributed by atoms with Crippen LogP contribution in [0.1, 0.15) is 12.5 Å². The number of carbonyl (C=O) groups is 1. The van der Waals surface area contributed by atoms with Crippen LogP contribution in [0, 0.1) is 0 Å². The molecule has 1 N–H and O–H groups in total. The van der Waals surface area contributed by atoms with Crippen molar-refractivity contribution in [1.82, 2.24) is 5.32 Å². The van der Waals surface area contributed by atoms with Gasteiger partial charge in [0.05, 0.1) is 20.3 Å². The molecule has 1 rings (SSSR count). The molecule has 0 saturated heterocycles. The summed E-state index contributed by atoms with van der Waals surface area (Å²) >= 11 is 3.39. The van der Waals surface area contributed by atoms with Crippen LogP contribution in [0.5, 0.6) is 5.75 Å². The molecule has 4 nitrogen and oxygen atoms in total. The van der Waals surface area contributed by atoms with Crippen LogP contribution in [0.25, 0.3) is 6.08 Å². The second kappa shape index (κ2) is 9.37. The average molecular weight is 354 g/mol. The highest BCUT2D eigenvalue weighted by molar-refractivity contribution is 9.10. The number of benzene rings is 1. The molecule has 0 heterocycles. The second-order valence-corrected chi connectivity index (χ2v) is 5.44. The van der Waals surface area contributed by atoms with Crippen LogP contribution in [0.2, 0.25) is 0 Å². The zero-order valence-electron chi connectivity index (χ0n) is 12.3. The molecule has 114 valence electrons. The van der Waals surface area contributed by atoms with Gasteiger partial charge in [-0.3, -0.25) is 4.79 Å². The lowest BCUT2D eigenvalue weighted by Gasteiger charge is -2.06. The normalized spacial score (nSPS) is 10.6. The maximum Gasteiger partial charge on any atom is 0.244 e. The molecule has 1 aromatic carbocycles. The highest BCUT2D eigenvalue weighted by atomic mass is 79.9. The molecule has 5 heteroatoms. The van der Waals surface area contributed by atoms with Gasteiger partial charge in [-0.2, -0.15) is 0 Å². The van der Waals surface area contributed by atoms with Crippen molar-refractivity contribution in [3.63, 3.8) is 0 Å². The molecule has 1 aromatic rings. The van der Waals surface area contributed by atoms with Gasteiger partial charge in [-0.15, -0.1) is 0 Å². The van der Waals surface area contributed by atoms with Crippen LogP contribution in [0.15, 0.2) is 40.9 Å². The molecular weight excluding hydrogens is 334 g/mol. The predicted octanol–water partition coefficient (Wildman–Crippen LogP) is 3.18. The first kappa shape index (κ1) is 17.5. The van der Waals surface area contributed by atoms with Crippen molar-refractivity contribution in [3.8, 4) is 5.75 Å². The molecule has 21 heavy (non-hydrogen) atoms. The van der Waals surface area contributed by atoms with E-state index in [4.69, 9.17) is 9.47 Å². The summed E-state index contributed by atoms with van der Waals surface area (Å²) in [5.74, 6) is 0.544. The maximum absolute atomic E-state index is 11.7. The number of hydrogen-bond acceptors (Lipinski definition) is 3. The Morgan fingerprint density at radius 3 is 2.90 bits per heavy atom. The summed E-state index contributed by atoms with van der Waals surface area (Å²) in [6.45, 7) is 7.07. The molecule has 0 saturated carbocycles. The summed E-state index contributed by atoms with van der Waals surface area (Å²) in [6.07, 6.45) is 3.19. The van der Waals surface area contributed by atoms with Crippen LogP contribution in [-0.2, 0) is 9.53 Å². The quantitative estimate of drug-likeness (QED) is 0.443. The molecular formula is C16H20BrNO3. The van der Waals surface area contributed by atoms with E-state index in [2.05, 4.69) is 27.8 Å². The first-order chi connectivity index (χ1) is 10.0. The molecule has 0 aromatic heterocycles. The van der Waals surface area contributed by atoms with E-state index in [9.17, 15) is 4.79 Å². The lowest BCUT2D eigenvalue weighted by Crippen LogP contribution is -2.25. The maximum atomic E-state index is 11.7. The van der Waals surface area contributed by atoms with Gasteiger partial charge in [0, 0.05) is 22.7 Å². The molecule has 0 aliphatic rings. The topological polar surface area (TPSA) is 47.6 Å². The van der Waals surface area contributed by atoms with E-state index >= 15 is 0 Å². The van der Waals surface area contributed by atoms with Gasteiger partial charge in [-0.05, 0) is 31.2 Å². The number of rotatable bonds is 8. The summed E-state index contributed by atoms with van der Waals surface area (Å²) in [5.41, 5.74) is 1.79. The second-order valence-electron chi connectivity index (χ2n) is 4.52. The van der Waals surface area contributed by atoms with E-state index in [1.54, 1.807) is 13.2 Å². The molecule has 0 fully saturated rings. The lowest BCUT2D eigenvalue weighted by atomic mass is 10.2. The van der Waals surface area contributed by atoms with Crippen LogP contribution >= 0.6 is 15.9 Å². The van der Waals surface area contributed by atoms with Crippen LogP contribution < -0.4 is 10.1 Å². The fourth-order valence-electron chi connectivity index (χ4n) is 1.55. The fraction of sp³-hybridized carbons (Fsp3) is 0.312. The van der Waals surface area contributed by atoms with Crippen molar-refractivity contribution >= 4 is 27.9 Å². The summed E-state index contributed by atoms with van der Waals surface area (Å²) in [5, 5.41) is 2.75. The lowest BCUT2D eigenvalue weighted by molar-refractivity contribution is -0.116. The third kappa shape index (κ3) is 7.11. The highest BCUT2D eigenvalue weighted by Gasteiger charge is 2.01. The fourth-order valence-corrected chi connectivity index (χ4v) is 1.93. The van der Waals surface area contributed by atoms with Crippen molar-refractivity contribution in [2.75, 3.05) is 26.9 Å². The van der Waals surface area contributed by atoms with E-state index in [0.29, 0.717) is 25.5 Å². The van der Waals surface area contributed by atoms with E-state index in [0.717, 1.165) is 15.6 Å². The minimum atomic E-state index is -0.170. The third-order valence-electron chi connectivity index (χ3n) is 2.50. The number of carbonyl (C=O) groups excluding carboxylic acids is 1. The Morgan fingerprint density at radius 2 is 2.24 bits per heavy atom. The number of hydrogen-bond donors (Lipinski definition) is 1. The number of ether oxygens (including phenoxy) is 2. The Morgan fingerprint density at radius 1 is 1.48 bits per heavy atom. The Bertz CT molecular complexity index is 526. The van der Waals surface area contributed by atoms with E-state index in [-0.39, 0.29) is 5.91 Å². The Balaban J connectivity index is 2.43. The molecule has 0 unspecified atom stereocenters. The first-order valence-corrected chi connectivity index (χ1v) is 7.34. The average Bonchev–Trinajstić information content (AvgIpc) is 2.44. The third-order valence-corrected chi connectivity index (χ3v) is 2.99. The van der Waals surface area contributed by atoms with Crippen molar-refractivity contribution in [2.24, 2.45) is 0 Å². The van der Waals surface area contributed by atoms with Gasteiger partial charge in [0.25, 0.3) is 0 Å². The van der Waals surface area contributed by atoms with Crippen LogP contribution in [-0.4, -0.2) is 32.8 Å². The van der Waals surface area contributed by atoms with E-state index < -0.39 is 0 Å². The van der Waals surface area contributed by atoms with Gasteiger partial charge in [0.15, 0.2) is 0 Å². The Hall–Kier alpha value is -1.59. The largest absolute Gasteiger partial charge is 0.496 e. The van der Waals surface area contributed by atoms with Crippen LogP contribution in [0.3, 0.4) is 0 Å². The number of methoxy groups -OCH3 is 1. The standard InChI is InChI=1S/C16H20BrNO3/c1-12(2)11-21-9-8-18-16(19)7-4-13-10-14(17)5-6-15(13)20-3/h4-7,10H,1,8-9,11H2,2-3H3,(H,18,19)/b7-4+. The number of amides is 1. The van der Waals surface area contributed by atoms with Gasteiger partial charge in [-0.25, -0.2) is 0 Å². The smallest absolute Gasteiger partial charge is 0.244 e. The SMILES string of the molecule is C=C(C)COCCNC(=O)/C=C/c1cc(Br)ccc1OC. The molecule has 0 aliphatic heterocycles. The van der Waals surface area contributed by atoms with E-state index in [1.165, 1.54) is 6.08 Å². The van der Waals surface area contributed by atoms with Gasteiger partial charge in [0.1, 0.15) is 5.75 Å². The molecule has 1 amide bonds. The van der Waals surface area contributed by atoms with Crippen LogP contribution in [0.4, 0.5) is 0 Å². The van der Waals surface area contributed by atoms with Crippen molar-refractivity contribution in [1.29, 1.82) is 0 Å². The molecule has 0 atom stereocenters. The first-order valence-electron chi connectivity index (χ1n) is 6.54. The van der Waals surface area contributed by atoms with E-state index in [1.807, 2.05) is 25.1 Å². The highest BCUT2D eigenvalue weighted by Crippen LogP contribution is 2.23. The Kier molecular flexibility index (Phi) is 7.79. The molecule has 0 radical (unpaired) electrons. The minimum Gasteiger partial charge on any atom is -0.496 e. The van der Waals surface area contributed by atoms with Crippen molar-refractivity contribution < 1.29 is 14.3 Å². The minimum absolute atomic E-state index is 0.170. The number of nitrogens with one attached hydrogen (secondary N) is 1. The zero-order chi connectivity index (χ0) is 15.7. The van der Waals surface area contributed by atoms with Gasteiger partial charge < -0.3 is 14.8 Å². The van der Waals surface area contributed by atoms with Gasteiger partial charge >= 0.3 is 0 Å². The predicted molar refractivity (Wildman–Crippen MR) is 88.4 cm³/mol. The van der Waals surface area contributed by atoms with Crippen molar-refractivity contribution in [2.45, 2.75) is 6.92 Å². The monoisotopic (exact) mass is 353 g/mol.